The van der Waals surface area contributed by atoms with Crippen molar-refractivity contribution in [1.29, 1.82) is 0 Å². The Bertz CT molecular complexity index is 821. The molecule has 0 radical (unpaired) electrons. The van der Waals surface area contributed by atoms with Crippen LogP contribution in [-0.2, 0) is 15.7 Å². The van der Waals surface area contributed by atoms with Crippen molar-refractivity contribution in [2.45, 2.75) is 20.0 Å². The maximum atomic E-state index is 12.7. The van der Waals surface area contributed by atoms with Crippen LogP contribution in [0, 0.1) is 13.8 Å². The van der Waals surface area contributed by atoms with Crippen LogP contribution in [0.1, 0.15) is 25.9 Å². The molecule has 134 valence electrons. The van der Waals surface area contributed by atoms with Gasteiger partial charge in [0.15, 0.2) is 6.61 Å². The summed E-state index contributed by atoms with van der Waals surface area (Å²) in [4.78, 5) is 28.0. The van der Waals surface area contributed by atoms with E-state index in [1.54, 1.807) is 13.8 Å². The van der Waals surface area contributed by atoms with Crippen molar-refractivity contribution >= 4 is 40.5 Å². The van der Waals surface area contributed by atoms with Gasteiger partial charge in [0, 0.05) is 0 Å². The van der Waals surface area contributed by atoms with E-state index in [9.17, 15) is 22.8 Å². The van der Waals surface area contributed by atoms with E-state index in [0.717, 1.165) is 23.5 Å². The van der Waals surface area contributed by atoms with Crippen LogP contribution >= 0.6 is 22.9 Å². The Balaban J connectivity index is 2.01. The van der Waals surface area contributed by atoms with Crippen LogP contribution in [0.15, 0.2) is 18.2 Å². The zero-order valence-electron chi connectivity index (χ0n) is 13.0. The molecule has 10 heteroatoms. The molecule has 1 aromatic heterocycles. The SMILES string of the molecule is Cc1nc(C)c(C(=O)OCC(=O)Nc2cc(C(F)(F)F)ccc2Cl)s1. The van der Waals surface area contributed by atoms with Gasteiger partial charge in [-0.3, -0.25) is 4.79 Å². The lowest BCUT2D eigenvalue weighted by Crippen LogP contribution is -2.21. The van der Waals surface area contributed by atoms with Gasteiger partial charge in [-0.25, -0.2) is 9.78 Å². The number of benzene rings is 1. The van der Waals surface area contributed by atoms with Crippen LogP contribution in [0.3, 0.4) is 0 Å². The standard InChI is InChI=1S/C15H12ClF3N2O3S/c1-7-13(25-8(2)20-7)14(23)24-6-12(22)21-11-5-9(15(17,18)19)3-4-10(11)16/h3-5H,6H2,1-2H3,(H,21,22). The van der Waals surface area contributed by atoms with E-state index in [0.29, 0.717) is 16.8 Å². The molecule has 0 aliphatic carbocycles. The number of halogens is 4. The molecule has 2 rings (SSSR count). The third-order valence-electron chi connectivity index (χ3n) is 2.99. The van der Waals surface area contributed by atoms with Gasteiger partial charge in [-0.1, -0.05) is 11.6 Å². The number of aryl methyl sites for hydroxylation is 2. The fourth-order valence-electron chi connectivity index (χ4n) is 1.90. The molecule has 0 fully saturated rings. The zero-order valence-corrected chi connectivity index (χ0v) is 14.6. The molecular weight excluding hydrogens is 381 g/mol. The molecule has 25 heavy (non-hydrogen) atoms. The lowest BCUT2D eigenvalue weighted by Gasteiger charge is -2.11. The zero-order chi connectivity index (χ0) is 18.8. The first kappa shape index (κ1) is 19.2. The van der Waals surface area contributed by atoms with E-state index in [1.807, 2.05) is 0 Å². The van der Waals surface area contributed by atoms with Crippen molar-refractivity contribution < 1.29 is 27.5 Å². The van der Waals surface area contributed by atoms with Crippen molar-refractivity contribution in [3.63, 3.8) is 0 Å². The van der Waals surface area contributed by atoms with Crippen LogP contribution in [0.5, 0.6) is 0 Å². The average molecular weight is 393 g/mol. The number of anilines is 1. The van der Waals surface area contributed by atoms with Gasteiger partial charge in [-0.2, -0.15) is 13.2 Å². The number of alkyl halides is 3. The van der Waals surface area contributed by atoms with Gasteiger partial charge in [0.25, 0.3) is 5.91 Å². The topological polar surface area (TPSA) is 68.3 Å². The maximum absolute atomic E-state index is 12.7. The van der Waals surface area contributed by atoms with E-state index in [-0.39, 0.29) is 15.6 Å². The first-order chi connectivity index (χ1) is 11.6. The molecule has 0 aliphatic heterocycles. The number of ether oxygens (including phenoxy) is 1. The summed E-state index contributed by atoms with van der Waals surface area (Å²) in [5.41, 5.74) is -0.698. The summed E-state index contributed by atoms with van der Waals surface area (Å²) in [6.45, 7) is 2.68. The molecule has 0 saturated carbocycles. The first-order valence-corrected chi connectivity index (χ1v) is 8.05. The minimum atomic E-state index is -4.57. The number of rotatable bonds is 4. The molecule has 0 atom stereocenters. The molecule has 0 saturated heterocycles. The summed E-state index contributed by atoms with van der Waals surface area (Å²) in [6, 6.07) is 2.53. The number of thiazole rings is 1. The predicted octanol–water partition coefficient (Wildman–Crippen LogP) is 4.23. The Hall–Kier alpha value is -2.13. The van der Waals surface area contributed by atoms with Gasteiger partial charge in [0.1, 0.15) is 4.88 Å². The lowest BCUT2D eigenvalue weighted by molar-refractivity contribution is -0.137. The van der Waals surface area contributed by atoms with Crippen molar-refractivity contribution in [3.05, 3.63) is 44.4 Å². The summed E-state index contributed by atoms with van der Waals surface area (Å²) in [5, 5.41) is 2.79. The van der Waals surface area contributed by atoms with Gasteiger partial charge >= 0.3 is 12.1 Å². The number of nitrogens with one attached hydrogen (secondary N) is 1. The Kier molecular flexibility index (Phi) is 5.69. The number of hydrogen-bond acceptors (Lipinski definition) is 5. The molecule has 1 amide bonds. The van der Waals surface area contributed by atoms with Crippen LogP contribution in [0.25, 0.3) is 0 Å². The van der Waals surface area contributed by atoms with Gasteiger partial charge in [0.2, 0.25) is 0 Å². The molecule has 5 nitrogen and oxygen atoms in total. The molecular formula is C15H12ClF3N2O3S. The minimum Gasteiger partial charge on any atom is -0.451 e. The summed E-state index contributed by atoms with van der Waals surface area (Å²) in [5.74, 6) is -1.54. The second-order valence-corrected chi connectivity index (χ2v) is 6.57. The van der Waals surface area contributed by atoms with Crippen molar-refractivity contribution in [3.8, 4) is 0 Å². The summed E-state index contributed by atoms with van der Waals surface area (Å²) in [7, 11) is 0. The normalized spacial score (nSPS) is 11.3. The number of hydrogen-bond donors (Lipinski definition) is 1. The molecule has 1 heterocycles. The molecule has 0 bridgehead atoms. The van der Waals surface area contributed by atoms with Crippen LogP contribution in [0.4, 0.5) is 18.9 Å². The van der Waals surface area contributed by atoms with Crippen molar-refractivity contribution in [2.75, 3.05) is 11.9 Å². The van der Waals surface area contributed by atoms with E-state index in [1.165, 1.54) is 0 Å². The summed E-state index contributed by atoms with van der Waals surface area (Å²) in [6.07, 6.45) is -4.57. The molecule has 2 aromatic rings. The number of amides is 1. The molecule has 0 aliphatic rings. The molecule has 0 spiro atoms. The lowest BCUT2D eigenvalue weighted by atomic mass is 10.2. The van der Waals surface area contributed by atoms with E-state index >= 15 is 0 Å². The van der Waals surface area contributed by atoms with Crippen molar-refractivity contribution in [2.24, 2.45) is 0 Å². The third kappa shape index (κ3) is 4.93. The first-order valence-electron chi connectivity index (χ1n) is 6.85. The highest BCUT2D eigenvalue weighted by Gasteiger charge is 2.31. The highest BCUT2D eigenvalue weighted by molar-refractivity contribution is 7.13. The van der Waals surface area contributed by atoms with Crippen LogP contribution in [-0.4, -0.2) is 23.5 Å². The van der Waals surface area contributed by atoms with Crippen LogP contribution in [0.2, 0.25) is 5.02 Å². The second-order valence-electron chi connectivity index (χ2n) is 4.96. The predicted molar refractivity (Wildman–Crippen MR) is 87.0 cm³/mol. The van der Waals surface area contributed by atoms with Gasteiger partial charge in [-0.15, -0.1) is 11.3 Å². The summed E-state index contributed by atoms with van der Waals surface area (Å²) >= 11 is 6.90. The maximum Gasteiger partial charge on any atom is 0.416 e. The van der Waals surface area contributed by atoms with E-state index in [4.69, 9.17) is 16.3 Å². The van der Waals surface area contributed by atoms with Gasteiger partial charge < -0.3 is 10.1 Å². The monoisotopic (exact) mass is 392 g/mol. The van der Waals surface area contributed by atoms with Gasteiger partial charge in [0.05, 0.1) is 27.0 Å². The fourth-order valence-corrected chi connectivity index (χ4v) is 2.88. The fraction of sp³-hybridized carbons (Fsp3) is 0.267. The number of carbonyl (C=O) groups is 2. The Morgan fingerprint density at radius 3 is 2.56 bits per heavy atom. The Morgan fingerprint density at radius 1 is 1.32 bits per heavy atom. The highest BCUT2D eigenvalue weighted by atomic mass is 35.5. The Labute approximate surface area is 149 Å². The van der Waals surface area contributed by atoms with E-state index in [2.05, 4.69) is 10.3 Å². The van der Waals surface area contributed by atoms with Crippen molar-refractivity contribution in [1.82, 2.24) is 4.98 Å². The third-order valence-corrected chi connectivity index (χ3v) is 4.37. The molecule has 0 unspecified atom stereocenters. The van der Waals surface area contributed by atoms with Gasteiger partial charge in [-0.05, 0) is 32.0 Å². The number of nitrogens with zero attached hydrogens (tertiary/aromatic N) is 1. The molecule has 1 aromatic carbocycles. The average Bonchev–Trinajstić information content (AvgIpc) is 2.84. The summed E-state index contributed by atoms with van der Waals surface area (Å²) < 4.78 is 42.9. The number of aromatic nitrogens is 1. The molecule has 1 N–H and O–H groups in total. The number of esters is 1. The van der Waals surface area contributed by atoms with Crippen LogP contribution < -0.4 is 5.32 Å². The second kappa shape index (κ2) is 7.40. The quantitative estimate of drug-likeness (QED) is 0.791. The number of carbonyl (C=O) groups excluding carboxylic acids is 2. The highest BCUT2D eigenvalue weighted by Crippen LogP contribution is 2.33. The van der Waals surface area contributed by atoms with E-state index < -0.39 is 30.2 Å². The smallest absolute Gasteiger partial charge is 0.416 e. The minimum absolute atomic E-state index is 0.0680. The largest absolute Gasteiger partial charge is 0.451 e. The Morgan fingerprint density at radius 2 is 2.00 bits per heavy atom.